The number of nitrogens with one attached hydrogen (secondary N) is 1. The molecule has 0 saturated carbocycles. The van der Waals surface area contributed by atoms with Crippen molar-refractivity contribution >= 4 is 27.9 Å². The van der Waals surface area contributed by atoms with E-state index in [1.807, 2.05) is 54.6 Å². The number of carbonyl (C=O) groups is 1. The monoisotopic (exact) mass is 301 g/mol. The first-order valence-electron chi connectivity index (χ1n) is 5.54. The minimum absolute atomic E-state index is 0.130. The average molecular weight is 302 g/mol. The molecule has 0 aliphatic heterocycles. The molecule has 0 atom stereocenters. The molecule has 2 aromatic carbocycles. The van der Waals surface area contributed by atoms with Crippen LogP contribution in [-0.4, -0.2) is 5.91 Å². The normalized spacial score (nSPS) is 10.5. The van der Waals surface area contributed by atoms with E-state index in [2.05, 4.69) is 21.2 Å². The Morgan fingerprint density at radius 1 is 1.00 bits per heavy atom. The van der Waals surface area contributed by atoms with Gasteiger partial charge in [-0.25, -0.2) is 0 Å². The van der Waals surface area contributed by atoms with Gasteiger partial charge >= 0.3 is 0 Å². The quantitative estimate of drug-likeness (QED) is 0.916. The summed E-state index contributed by atoms with van der Waals surface area (Å²) >= 11 is 3.35. The highest BCUT2D eigenvalue weighted by molar-refractivity contribution is 9.10. The molecule has 1 amide bonds. The van der Waals surface area contributed by atoms with Crippen LogP contribution in [0, 0.1) is 0 Å². The lowest BCUT2D eigenvalue weighted by Gasteiger charge is -2.02. The maximum Gasteiger partial charge on any atom is 0.256 e. The van der Waals surface area contributed by atoms with E-state index in [9.17, 15) is 4.79 Å². The fraction of sp³-hybridized carbons (Fsp3) is 0. The Morgan fingerprint density at radius 2 is 1.67 bits per heavy atom. The molecule has 18 heavy (non-hydrogen) atoms. The zero-order valence-electron chi connectivity index (χ0n) is 9.64. The Labute approximate surface area is 114 Å². The van der Waals surface area contributed by atoms with Crippen LogP contribution >= 0.6 is 15.9 Å². The molecule has 2 nitrogen and oxygen atoms in total. The third-order valence-electron chi connectivity index (χ3n) is 2.41. The zero-order valence-corrected chi connectivity index (χ0v) is 11.2. The molecule has 2 rings (SSSR count). The highest BCUT2D eigenvalue weighted by Crippen LogP contribution is 2.15. The lowest BCUT2D eigenvalue weighted by Crippen LogP contribution is -2.17. The molecule has 0 bridgehead atoms. The largest absolute Gasteiger partial charge is 0.329 e. The van der Waals surface area contributed by atoms with E-state index in [-0.39, 0.29) is 5.91 Å². The van der Waals surface area contributed by atoms with E-state index in [4.69, 9.17) is 0 Å². The van der Waals surface area contributed by atoms with Gasteiger partial charge < -0.3 is 5.32 Å². The van der Waals surface area contributed by atoms with Gasteiger partial charge in [0, 0.05) is 10.7 Å². The zero-order chi connectivity index (χ0) is 12.8. The van der Waals surface area contributed by atoms with Crippen molar-refractivity contribution < 1.29 is 4.79 Å². The maximum atomic E-state index is 11.9. The van der Waals surface area contributed by atoms with Gasteiger partial charge in [0.15, 0.2) is 0 Å². The van der Waals surface area contributed by atoms with Crippen LogP contribution < -0.4 is 5.32 Å². The summed E-state index contributed by atoms with van der Waals surface area (Å²) in [6.45, 7) is 0. The van der Waals surface area contributed by atoms with Gasteiger partial charge in [0.05, 0.1) is 5.56 Å². The SMILES string of the molecule is O=C(NC=Cc1ccccc1)c1ccccc1Br. The first-order chi connectivity index (χ1) is 8.77. The van der Waals surface area contributed by atoms with Crippen molar-refractivity contribution in [2.24, 2.45) is 0 Å². The van der Waals surface area contributed by atoms with Crippen LogP contribution in [0.25, 0.3) is 6.08 Å². The molecule has 0 spiro atoms. The molecule has 2 aromatic rings. The summed E-state index contributed by atoms with van der Waals surface area (Å²) in [4.78, 5) is 11.9. The number of hydrogen-bond acceptors (Lipinski definition) is 1. The number of benzene rings is 2. The van der Waals surface area contributed by atoms with Crippen LogP contribution in [0.1, 0.15) is 15.9 Å². The smallest absolute Gasteiger partial charge is 0.256 e. The number of hydrogen-bond donors (Lipinski definition) is 1. The van der Waals surface area contributed by atoms with Crippen molar-refractivity contribution in [3.05, 3.63) is 76.4 Å². The van der Waals surface area contributed by atoms with Crippen molar-refractivity contribution in [3.63, 3.8) is 0 Å². The molecule has 0 aromatic heterocycles. The Balaban J connectivity index is 2.01. The van der Waals surface area contributed by atoms with Crippen LogP contribution in [0.15, 0.2) is 65.3 Å². The average Bonchev–Trinajstić information content (AvgIpc) is 2.40. The van der Waals surface area contributed by atoms with Crippen molar-refractivity contribution in [2.45, 2.75) is 0 Å². The Hall–Kier alpha value is -1.87. The third kappa shape index (κ3) is 3.31. The molecule has 0 heterocycles. The topological polar surface area (TPSA) is 29.1 Å². The van der Waals surface area contributed by atoms with Crippen molar-refractivity contribution in [2.75, 3.05) is 0 Å². The van der Waals surface area contributed by atoms with E-state index >= 15 is 0 Å². The van der Waals surface area contributed by atoms with Crippen LogP contribution in [0.2, 0.25) is 0 Å². The van der Waals surface area contributed by atoms with Crippen LogP contribution in [0.4, 0.5) is 0 Å². The number of rotatable bonds is 3. The van der Waals surface area contributed by atoms with E-state index < -0.39 is 0 Å². The van der Waals surface area contributed by atoms with Gasteiger partial charge in [-0.2, -0.15) is 0 Å². The third-order valence-corrected chi connectivity index (χ3v) is 3.10. The van der Waals surface area contributed by atoms with Gasteiger partial charge in [0.1, 0.15) is 0 Å². The highest BCUT2D eigenvalue weighted by Gasteiger charge is 2.06. The fourth-order valence-corrected chi connectivity index (χ4v) is 1.97. The summed E-state index contributed by atoms with van der Waals surface area (Å²) < 4.78 is 0.788. The predicted molar refractivity (Wildman–Crippen MR) is 77.1 cm³/mol. The molecule has 0 fully saturated rings. The molecule has 3 heteroatoms. The molecule has 0 unspecified atom stereocenters. The van der Waals surface area contributed by atoms with Crippen molar-refractivity contribution in [1.82, 2.24) is 5.32 Å². The van der Waals surface area contributed by atoms with Crippen LogP contribution in [-0.2, 0) is 0 Å². The van der Waals surface area contributed by atoms with Gasteiger partial charge in [0.2, 0.25) is 0 Å². The van der Waals surface area contributed by atoms with Crippen molar-refractivity contribution in [3.8, 4) is 0 Å². The Morgan fingerprint density at radius 3 is 2.39 bits per heavy atom. The van der Waals surface area contributed by atoms with Gasteiger partial charge in [-0.3, -0.25) is 4.79 Å². The first kappa shape index (κ1) is 12.6. The number of carbonyl (C=O) groups excluding carboxylic acids is 1. The van der Waals surface area contributed by atoms with Gasteiger partial charge in [0.25, 0.3) is 5.91 Å². The summed E-state index contributed by atoms with van der Waals surface area (Å²) in [5.41, 5.74) is 1.67. The number of amides is 1. The van der Waals surface area contributed by atoms with Crippen molar-refractivity contribution in [1.29, 1.82) is 0 Å². The second-order valence-electron chi connectivity index (χ2n) is 3.70. The molecule has 0 aliphatic rings. The summed E-state index contributed by atoms with van der Waals surface area (Å²) in [7, 11) is 0. The molecule has 90 valence electrons. The maximum absolute atomic E-state index is 11.9. The molecular formula is C15H12BrNO. The molecule has 0 radical (unpaired) electrons. The second kappa shape index (κ2) is 6.17. The summed E-state index contributed by atoms with van der Waals surface area (Å²) in [5.74, 6) is -0.130. The lowest BCUT2D eigenvalue weighted by molar-refractivity contribution is 0.0969. The van der Waals surface area contributed by atoms with Crippen LogP contribution in [0.3, 0.4) is 0 Å². The molecule has 0 saturated heterocycles. The van der Waals surface area contributed by atoms with Gasteiger partial charge in [-0.1, -0.05) is 42.5 Å². The van der Waals surface area contributed by atoms with Gasteiger partial charge in [-0.15, -0.1) is 0 Å². The van der Waals surface area contributed by atoms with Gasteiger partial charge in [-0.05, 0) is 39.7 Å². The van der Waals surface area contributed by atoms with E-state index in [0.29, 0.717) is 5.56 Å². The highest BCUT2D eigenvalue weighted by atomic mass is 79.9. The predicted octanol–water partition coefficient (Wildman–Crippen LogP) is 3.85. The first-order valence-corrected chi connectivity index (χ1v) is 6.33. The van der Waals surface area contributed by atoms with E-state index in [0.717, 1.165) is 10.0 Å². The standard InChI is InChI=1S/C15H12BrNO/c16-14-9-5-4-8-13(14)15(18)17-11-10-12-6-2-1-3-7-12/h1-11H,(H,17,18). The second-order valence-corrected chi connectivity index (χ2v) is 4.55. The number of halogens is 1. The minimum Gasteiger partial charge on any atom is -0.329 e. The molecular weight excluding hydrogens is 290 g/mol. The summed E-state index contributed by atoms with van der Waals surface area (Å²) in [6.07, 6.45) is 3.51. The molecule has 1 N–H and O–H groups in total. The van der Waals surface area contributed by atoms with E-state index in [1.54, 1.807) is 12.3 Å². The molecule has 0 aliphatic carbocycles. The minimum atomic E-state index is -0.130. The Kier molecular flexibility index (Phi) is 4.31. The van der Waals surface area contributed by atoms with E-state index in [1.165, 1.54) is 0 Å². The van der Waals surface area contributed by atoms with Crippen LogP contribution in [0.5, 0.6) is 0 Å². The Bertz CT molecular complexity index is 564. The fourth-order valence-electron chi connectivity index (χ4n) is 1.50. The summed E-state index contributed by atoms with van der Waals surface area (Å²) in [6, 6.07) is 17.1. The lowest BCUT2D eigenvalue weighted by atomic mass is 10.2. The summed E-state index contributed by atoms with van der Waals surface area (Å²) in [5, 5.41) is 2.74.